The van der Waals surface area contributed by atoms with Gasteiger partial charge in [0, 0.05) is 40.4 Å². The smallest absolute Gasteiger partial charge is 0.0903 e. The van der Waals surface area contributed by atoms with Crippen molar-refractivity contribution in [3.8, 4) is 0 Å². The van der Waals surface area contributed by atoms with E-state index in [0.29, 0.717) is 5.92 Å². The topological polar surface area (TPSA) is 34.2 Å². The number of hydrogen-bond acceptors (Lipinski definition) is 3. The first-order chi connectivity index (χ1) is 11.8. The van der Waals surface area contributed by atoms with Crippen molar-refractivity contribution in [2.24, 2.45) is 5.92 Å². The Morgan fingerprint density at radius 2 is 1.96 bits per heavy atom. The van der Waals surface area contributed by atoms with Gasteiger partial charge in [-0.05, 0) is 42.3 Å². The number of pyridine rings is 1. The minimum Gasteiger partial charge on any atom is -0.378 e. The maximum Gasteiger partial charge on any atom is 0.0903 e. The van der Waals surface area contributed by atoms with Crippen molar-refractivity contribution in [3.63, 3.8) is 0 Å². The van der Waals surface area contributed by atoms with Crippen molar-refractivity contribution >= 4 is 28.2 Å². The molecule has 1 aromatic heterocycles. The van der Waals surface area contributed by atoms with Crippen molar-refractivity contribution in [1.29, 1.82) is 0 Å². The summed E-state index contributed by atoms with van der Waals surface area (Å²) in [6.07, 6.45) is 3.02. The lowest BCUT2D eigenvalue weighted by molar-refractivity contribution is 0.0841. The standard InChI is InChI=1S/C20H17ClN2O/c21-13-5-3-12(4-6-13)19-15-9-11-24-20(15)18-14-2-1-10-22-16(14)7-8-17(18)23-19/h1-8,10,15,19-20,23H,9,11H2/t15-,19?,20-/m0/s1. The minimum absolute atomic E-state index is 0.120. The van der Waals surface area contributed by atoms with Crippen LogP contribution in [0.3, 0.4) is 0 Å². The number of fused-ring (bicyclic) bond motifs is 5. The summed E-state index contributed by atoms with van der Waals surface area (Å²) in [5.74, 6) is 0.421. The van der Waals surface area contributed by atoms with Crippen LogP contribution < -0.4 is 5.32 Å². The molecule has 3 nitrogen and oxygen atoms in total. The Balaban J connectivity index is 1.66. The van der Waals surface area contributed by atoms with Gasteiger partial charge >= 0.3 is 0 Å². The third kappa shape index (κ3) is 2.12. The molecule has 1 fully saturated rings. The number of nitrogens with one attached hydrogen (secondary N) is 1. The highest BCUT2D eigenvalue weighted by molar-refractivity contribution is 6.30. The van der Waals surface area contributed by atoms with E-state index in [1.54, 1.807) is 0 Å². The Labute approximate surface area is 145 Å². The highest BCUT2D eigenvalue weighted by Crippen LogP contribution is 2.51. The fourth-order valence-electron chi connectivity index (χ4n) is 4.13. The van der Waals surface area contributed by atoms with Crippen LogP contribution in [0.25, 0.3) is 10.9 Å². The molecule has 3 heterocycles. The van der Waals surface area contributed by atoms with Crippen LogP contribution in [0.2, 0.25) is 5.02 Å². The van der Waals surface area contributed by atoms with Crippen molar-refractivity contribution in [2.75, 3.05) is 11.9 Å². The largest absolute Gasteiger partial charge is 0.378 e. The molecule has 2 aromatic carbocycles. The van der Waals surface area contributed by atoms with Crippen molar-refractivity contribution in [2.45, 2.75) is 18.6 Å². The quantitative estimate of drug-likeness (QED) is 0.668. The average Bonchev–Trinajstić information content (AvgIpc) is 3.11. The fraction of sp³-hybridized carbons (Fsp3) is 0.250. The molecule has 0 radical (unpaired) electrons. The summed E-state index contributed by atoms with van der Waals surface area (Å²) in [6.45, 7) is 0.803. The van der Waals surface area contributed by atoms with Crippen LogP contribution in [-0.4, -0.2) is 11.6 Å². The fourth-order valence-corrected chi connectivity index (χ4v) is 4.25. The molecule has 3 aromatic rings. The van der Waals surface area contributed by atoms with E-state index >= 15 is 0 Å². The lowest BCUT2D eigenvalue weighted by Crippen LogP contribution is -2.29. The first-order valence-corrected chi connectivity index (χ1v) is 8.70. The van der Waals surface area contributed by atoms with Crippen LogP contribution in [0.5, 0.6) is 0 Å². The molecule has 0 bridgehead atoms. The molecule has 0 spiro atoms. The zero-order valence-corrected chi connectivity index (χ0v) is 13.8. The molecule has 0 aliphatic carbocycles. The summed E-state index contributed by atoms with van der Waals surface area (Å²) in [5, 5.41) is 5.70. The Kier molecular flexibility index (Phi) is 3.25. The van der Waals surface area contributed by atoms with E-state index in [4.69, 9.17) is 16.3 Å². The van der Waals surface area contributed by atoms with Crippen LogP contribution >= 0.6 is 11.6 Å². The molecule has 1 saturated heterocycles. The lowest BCUT2D eigenvalue weighted by atomic mass is 9.80. The second-order valence-corrected chi connectivity index (χ2v) is 6.95. The molecule has 0 saturated carbocycles. The number of nitrogens with zero attached hydrogens (tertiary/aromatic N) is 1. The number of ether oxygens (including phenoxy) is 1. The first-order valence-electron chi connectivity index (χ1n) is 8.32. The number of halogens is 1. The van der Waals surface area contributed by atoms with Gasteiger partial charge < -0.3 is 10.1 Å². The molecule has 2 aliphatic heterocycles. The van der Waals surface area contributed by atoms with Crippen molar-refractivity contribution in [3.05, 3.63) is 70.9 Å². The van der Waals surface area contributed by atoms with E-state index < -0.39 is 0 Å². The van der Waals surface area contributed by atoms with Gasteiger partial charge in [0.1, 0.15) is 0 Å². The number of rotatable bonds is 1. The molecule has 0 amide bonds. The number of hydrogen-bond donors (Lipinski definition) is 1. The molecule has 4 heteroatoms. The van der Waals surface area contributed by atoms with Crippen LogP contribution in [0.1, 0.15) is 29.7 Å². The van der Waals surface area contributed by atoms with E-state index in [-0.39, 0.29) is 12.1 Å². The SMILES string of the molecule is Clc1ccc(C2Nc3ccc4ncccc4c3[C@H]3OCC[C@@H]23)cc1. The van der Waals surface area contributed by atoms with Crippen LogP contribution in [0.4, 0.5) is 5.69 Å². The predicted octanol–water partition coefficient (Wildman–Crippen LogP) is 5.13. The van der Waals surface area contributed by atoms with Gasteiger partial charge in [-0.2, -0.15) is 0 Å². The summed E-state index contributed by atoms with van der Waals surface area (Å²) < 4.78 is 6.17. The molecule has 3 atom stereocenters. The Hall–Kier alpha value is -2.10. The molecule has 5 rings (SSSR count). The van der Waals surface area contributed by atoms with E-state index in [2.05, 4.69) is 40.6 Å². The Morgan fingerprint density at radius 3 is 2.83 bits per heavy atom. The summed E-state index contributed by atoms with van der Waals surface area (Å²) in [6, 6.07) is 16.7. The van der Waals surface area contributed by atoms with Gasteiger partial charge in [-0.3, -0.25) is 4.98 Å². The Morgan fingerprint density at radius 1 is 1.08 bits per heavy atom. The molecular formula is C20H17ClN2O. The van der Waals surface area contributed by atoms with Gasteiger partial charge in [0.25, 0.3) is 0 Å². The normalized spacial score (nSPS) is 25.1. The molecule has 24 heavy (non-hydrogen) atoms. The Bertz CT molecular complexity index is 909. The van der Waals surface area contributed by atoms with Crippen molar-refractivity contribution in [1.82, 2.24) is 4.98 Å². The van der Waals surface area contributed by atoms with E-state index in [9.17, 15) is 0 Å². The molecule has 1 unspecified atom stereocenters. The minimum atomic E-state index is 0.120. The zero-order chi connectivity index (χ0) is 16.1. The molecular weight excluding hydrogens is 320 g/mol. The van der Waals surface area contributed by atoms with Gasteiger partial charge in [0.05, 0.1) is 17.7 Å². The maximum absolute atomic E-state index is 6.17. The third-order valence-electron chi connectivity index (χ3n) is 5.22. The number of anilines is 1. The van der Waals surface area contributed by atoms with Gasteiger partial charge in [-0.25, -0.2) is 0 Å². The summed E-state index contributed by atoms with van der Waals surface area (Å²) in [7, 11) is 0. The van der Waals surface area contributed by atoms with Gasteiger partial charge in [0.2, 0.25) is 0 Å². The second-order valence-electron chi connectivity index (χ2n) is 6.51. The van der Waals surface area contributed by atoms with Crippen LogP contribution in [-0.2, 0) is 4.74 Å². The summed E-state index contributed by atoms with van der Waals surface area (Å²) >= 11 is 6.06. The highest BCUT2D eigenvalue weighted by Gasteiger charge is 2.42. The van der Waals surface area contributed by atoms with Crippen LogP contribution in [0.15, 0.2) is 54.7 Å². The summed E-state index contributed by atoms with van der Waals surface area (Å²) in [4.78, 5) is 4.49. The molecule has 2 aliphatic rings. The number of aromatic nitrogens is 1. The van der Waals surface area contributed by atoms with Gasteiger partial charge in [-0.15, -0.1) is 0 Å². The monoisotopic (exact) mass is 336 g/mol. The first kappa shape index (κ1) is 14.3. The highest BCUT2D eigenvalue weighted by atomic mass is 35.5. The number of benzene rings is 2. The lowest BCUT2D eigenvalue weighted by Gasteiger charge is -2.37. The van der Waals surface area contributed by atoms with Gasteiger partial charge in [0.15, 0.2) is 0 Å². The van der Waals surface area contributed by atoms with Crippen molar-refractivity contribution < 1.29 is 4.74 Å². The van der Waals surface area contributed by atoms with E-state index in [0.717, 1.165) is 29.3 Å². The van der Waals surface area contributed by atoms with E-state index in [1.807, 2.05) is 24.4 Å². The van der Waals surface area contributed by atoms with E-state index in [1.165, 1.54) is 16.5 Å². The van der Waals surface area contributed by atoms with Gasteiger partial charge in [-0.1, -0.05) is 29.8 Å². The average molecular weight is 337 g/mol. The zero-order valence-electron chi connectivity index (χ0n) is 13.1. The second kappa shape index (κ2) is 5.47. The summed E-state index contributed by atoms with van der Waals surface area (Å²) in [5.41, 5.74) is 4.70. The maximum atomic E-state index is 6.17. The molecule has 1 N–H and O–H groups in total. The molecule has 120 valence electrons. The van der Waals surface area contributed by atoms with Crippen LogP contribution in [0, 0.1) is 5.92 Å². The predicted molar refractivity (Wildman–Crippen MR) is 96.4 cm³/mol. The third-order valence-corrected chi connectivity index (χ3v) is 5.47.